The number of piperidine rings is 1. The third-order valence-electron chi connectivity index (χ3n) is 5.89. The molecule has 1 aromatic heterocycles. The molecular weight excluding hydrogens is 402 g/mol. The Bertz CT molecular complexity index is 800. The van der Waals surface area contributed by atoms with Gasteiger partial charge >= 0.3 is 12.1 Å². The Hall–Kier alpha value is -2.36. The smallest absolute Gasteiger partial charge is 0.410 e. The molecule has 0 spiro atoms. The third-order valence-corrected chi connectivity index (χ3v) is 5.89. The van der Waals surface area contributed by atoms with Gasteiger partial charge in [0.1, 0.15) is 11.6 Å². The highest BCUT2D eigenvalue weighted by atomic mass is 16.7. The van der Waals surface area contributed by atoms with Crippen molar-refractivity contribution in [3.05, 3.63) is 11.8 Å². The first kappa shape index (κ1) is 21.9. The minimum Gasteiger partial charge on any atom is -0.444 e. The number of rotatable bonds is 7. The standard InChI is InChI=1S/C21H33N5O5/c1-5-6-9-29-26-15-7-8-16(25(13-15)19(26)27)18-23-22-17(30-18)10-14-11-24(12-14)20(28)31-21(2,3)4/h14-16H,5-13H2,1-4H3/t15-,16-/m0/s1. The highest BCUT2D eigenvalue weighted by Gasteiger charge is 2.47. The fourth-order valence-electron chi connectivity index (χ4n) is 4.27. The molecule has 31 heavy (non-hydrogen) atoms. The van der Waals surface area contributed by atoms with Crippen molar-refractivity contribution < 1.29 is 23.6 Å². The zero-order valence-corrected chi connectivity index (χ0v) is 18.9. The average molecular weight is 436 g/mol. The molecule has 3 aliphatic rings. The number of hydrogen-bond donors (Lipinski definition) is 0. The maximum atomic E-state index is 12.8. The monoisotopic (exact) mass is 435 g/mol. The topological polar surface area (TPSA) is 101 Å². The minimum atomic E-state index is -0.494. The fraction of sp³-hybridized carbons (Fsp3) is 0.810. The number of likely N-dealkylation sites (tertiary alicyclic amines) is 1. The van der Waals surface area contributed by atoms with Crippen LogP contribution in [0.5, 0.6) is 0 Å². The third kappa shape index (κ3) is 4.78. The van der Waals surface area contributed by atoms with Crippen LogP contribution in [0.3, 0.4) is 0 Å². The lowest BCUT2D eigenvalue weighted by Gasteiger charge is -2.39. The van der Waals surface area contributed by atoms with Crippen LogP contribution in [0.1, 0.15) is 71.2 Å². The number of nitrogens with zero attached hydrogens (tertiary/aromatic N) is 5. The number of hydroxylamine groups is 2. The molecule has 1 aromatic rings. The van der Waals surface area contributed by atoms with E-state index < -0.39 is 5.60 Å². The number of aromatic nitrogens is 2. The van der Waals surface area contributed by atoms with Gasteiger partial charge in [0.15, 0.2) is 0 Å². The zero-order valence-electron chi connectivity index (χ0n) is 18.9. The van der Waals surface area contributed by atoms with Gasteiger partial charge in [-0.25, -0.2) is 9.59 Å². The average Bonchev–Trinajstić information content (AvgIpc) is 3.22. The van der Waals surface area contributed by atoms with Gasteiger partial charge in [-0.05, 0) is 40.0 Å². The molecule has 0 saturated carbocycles. The van der Waals surface area contributed by atoms with Gasteiger partial charge < -0.3 is 19.0 Å². The molecule has 0 radical (unpaired) electrons. The predicted octanol–water partition coefficient (Wildman–Crippen LogP) is 3.15. The van der Waals surface area contributed by atoms with Crippen LogP contribution in [-0.2, 0) is 16.0 Å². The minimum absolute atomic E-state index is 0.0943. The van der Waals surface area contributed by atoms with E-state index in [4.69, 9.17) is 14.0 Å². The molecular formula is C21H33N5O5. The molecule has 4 heterocycles. The van der Waals surface area contributed by atoms with Crippen LogP contribution in [0.2, 0.25) is 0 Å². The fourth-order valence-corrected chi connectivity index (χ4v) is 4.27. The maximum Gasteiger partial charge on any atom is 0.410 e. The quantitative estimate of drug-likeness (QED) is 0.606. The molecule has 4 rings (SSSR count). The Morgan fingerprint density at radius 1 is 1.19 bits per heavy atom. The van der Waals surface area contributed by atoms with Crippen LogP contribution < -0.4 is 0 Å². The number of fused-ring (bicyclic) bond motifs is 2. The molecule has 3 saturated heterocycles. The molecule has 10 heteroatoms. The highest BCUT2D eigenvalue weighted by molar-refractivity contribution is 5.77. The van der Waals surface area contributed by atoms with Crippen molar-refractivity contribution >= 4 is 12.1 Å². The lowest BCUT2D eigenvalue weighted by molar-refractivity contribution is -0.130. The van der Waals surface area contributed by atoms with Crippen molar-refractivity contribution in [2.45, 2.75) is 77.5 Å². The van der Waals surface area contributed by atoms with E-state index in [0.29, 0.717) is 44.4 Å². The molecule has 0 unspecified atom stereocenters. The van der Waals surface area contributed by atoms with Crippen molar-refractivity contribution in [3.63, 3.8) is 0 Å². The summed E-state index contributed by atoms with van der Waals surface area (Å²) in [6, 6.07) is -0.225. The second-order valence-corrected chi connectivity index (χ2v) is 9.68. The van der Waals surface area contributed by atoms with Gasteiger partial charge in [0.2, 0.25) is 11.8 Å². The van der Waals surface area contributed by atoms with E-state index in [0.717, 1.165) is 25.7 Å². The van der Waals surface area contributed by atoms with Gasteiger partial charge in [-0.2, -0.15) is 5.06 Å². The number of carbonyl (C=O) groups is 2. The Kier molecular flexibility index (Phi) is 6.09. The summed E-state index contributed by atoms with van der Waals surface area (Å²) in [7, 11) is 0. The number of urea groups is 1. The molecule has 2 atom stereocenters. The van der Waals surface area contributed by atoms with E-state index >= 15 is 0 Å². The van der Waals surface area contributed by atoms with Crippen molar-refractivity contribution in [3.8, 4) is 0 Å². The van der Waals surface area contributed by atoms with Gasteiger partial charge in [0.25, 0.3) is 0 Å². The molecule has 172 valence electrons. The van der Waals surface area contributed by atoms with E-state index in [1.54, 1.807) is 9.80 Å². The second-order valence-electron chi connectivity index (χ2n) is 9.68. The van der Waals surface area contributed by atoms with Gasteiger partial charge in [-0.1, -0.05) is 13.3 Å². The molecule has 3 fully saturated rings. The molecule has 10 nitrogen and oxygen atoms in total. The van der Waals surface area contributed by atoms with Crippen LogP contribution in [0.15, 0.2) is 4.42 Å². The van der Waals surface area contributed by atoms with E-state index in [1.165, 1.54) is 5.06 Å². The lowest BCUT2D eigenvalue weighted by atomic mass is 9.97. The van der Waals surface area contributed by atoms with Crippen LogP contribution in [0.25, 0.3) is 0 Å². The summed E-state index contributed by atoms with van der Waals surface area (Å²) in [5.74, 6) is 1.31. The normalized spacial score (nSPS) is 24.0. The lowest BCUT2D eigenvalue weighted by Crippen LogP contribution is -2.52. The Balaban J connectivity index is 1.29. The van der Waals surface area contributed by atoms with Crippen LogP contribution >= 0.6 is 0 Å². The van der Waals surface area contributed by atoms with Gasteiger partial charge in [0.05, 0.1) is 12.6 Å². The van der Waals surface area contributed by atoms with Crippen molar-refractivity contribution in [2.24, 2.45) is 5.92 Å². The molecule has 0 N–H and O–H groups in total. The summed E-state index contributed by atoms with van der Waals surface area (Å²) in [4.78, 5) is 34.0. The number of amides is 3. The number of ether oxygens (including phenoxy) is 1. The van der Waals surface area contributed by atoms with E-state index in [-0.39, 0.29) is 30.1 Å². The van der Waals surface area contributed by atoms with E-state index in [9.17, 15) is 9.59 Å². The molecule has 2 bridgehead atoms. The number of carbonyl (C=O) groups excluding carboxylic acids is 2. The van der Waals surface area contributed by atoms with Gasteiger partial charge in [0, 0.05) is 32.0 Å². The molecule has 3 aliphatic heterocycles. The first-order chi connectivity index (χ1) is 14.7. The highest BCUT2D eigenvalue weighted by Crippen LogP contribution is 2.38. The molecule has 0 aromatic carbocycles. The van der Waals surface area contributed by atoms with Crippen LogP contribution in [0.4, 0.5) is 9.59 Å². The summed E-state index contributed by atoms with van der Waals surface area (Å²) in [5, 5.41) is 9.96. The first-order valence-electron chi connectivity index (χ1n) is 11.3. The number of unbranched alkanes of at least 4 members (excludes halogenated alkanes) is 1. The van der Waals surface area contributed by atoms with E-state index in [2.05, 4.69) is 17.1 Å². The SMILES string of the molecule is CCCCON1C(=O)N2C[C@@H]1CC[C@H]2c1nnc(CC2CN(C(=O)OC(C)(C)C)C2)o1. The summed E-state index contributed by atoms with van der Waals surface area (Å²) < 4.78 is 11.3. The summed E-state index contributed by atoms with van der Waals surface area (Å²) in [6.07, 6.45) is 3.91. The van der Waals surface area contributed by atoms with Crippen molar-refractivity contribution in [2.75, 3.05) is 26.2 Å². The van der Waals surface area contributed by atoms with Crippen molar-refractivity contribution in [1.29, 1.82) is 0 Å². The first-order valence-corrected chi connectivity index (χ1v) is 11.3. The maximum absolute atomic E-state index is 12.8. The Morgan fingerprint density at radius 2 is 1.97 bits per heavy atom. The summed E-state index contributed by atoms with van der Waals surface area (Å²) in [6.45, 7) is 10.1. The van der Waals surface area contributed by atoms with Crippen LogP contribution in [-0.4, -0.2) is 75.1 Å². The van der Waals surface area contributed by atoms with Gasteiger partial charge in [-0.3, -0.25) is 4.84 Å². The molecule has 3 amide bonds. The number of hydrogen-bond acceptors (Lipinski definition) is 7. The van der Waals surface area contributed by atoms with E-state index in [1.807, 2.05) is 20.8 Å². The predicted molar refractivity (Wildman–Crippen MR) is 110 cm³/mol. The zero-order chi connectivity index (χ0) is 22.2. The van der Waals surface area contributed by atoms with Crippen molar-refractivity contribution in [1.82, 2.24) is 25.1 Å². The Morgan fingerprint density at radius 3 is 2.68 bits per heavy atom. The summed E-state index contributed by atoms with van der Waals surface area (Å²) in [5.41, 5.74) is -0.494. The van der Waals surface area contributed by atoms with Gasteiger partial charge in [-0.15, -0.1) is 10.2 Å². The molecule has 0 aliphatic carbocycles. The second kappa shape index (κ2) is 8.64. The Labute approximate surface area is 182 Å². The summed E-state index contributed by atoms with van der Waals surface area (Å²) >= 11 is 0. The van der Waals surface area contributed by atoms with Crippen LogP contribution in [0, 0.1) is 5.92 Å². The largest absolute Gasteiger partial charge is 0.444 e.